The van der Waals surface area contributed by atoms with Gasteiger partial charge in [-0.15, -0.1) is 0 Å². The second-order valence-electron chi connectivity index (χ2n) is 14.6. The normalized spacial score (nSPS) is 12.9. The molecule has 0 fully saturated rings. The molecule has 0 bridgehead atoms. The number of nitrogens with zero attached hydrogens (tertiary/aromatic N) is 2. The molecule has 0 N–H and O–H groups in total. The van der Waals surface area contributed by atoms with Crippen molar-refractivity contribution in [1.82, 2.24) is 9.97 Å². The molecule has 0 aliphatic heterocycles. The summed E-state index contributed by atoms with van der Waals surface area (Å²) in [6.07, 6.45) is 0. The molecular formula is C51H36N2. The Hall–Kier alpha value is -6.64. The minimum atomic E-state index is -0.0299. The summed E-state index contributed by atoms with van der Waals surface area (Å²) in [4.78, 5) is 10.4. The van der Waals surface area contributed by atoms with Gasteiger partial charge in [-0.3, -0.25) is 0 Å². The Morgan fingerprint density at radius 2 is 0.962 bits per heavy atom. The molecule has 1 heterocycles. The summed E-state index contributed by atoms with van der Waals surface area (Å²) in [5.41, 5.74) is 15.3. The molecule has 0 atom stereocenters. The predicted octanol–water partition coefficient (Wildman–Crippen LogP) is 13.4. The van der Waals surface area contributed by atoms with E-state index in [2.05, 4.69) is 178 Å². The number of aromatic nitrogens is 2. The summed E-state index contributed by atoms with van der Waals surface area (Å²) < 4.78 is 0. The highest BCUT2D eigenvalue weighted by Crippen LogP contribution is 2.52. The number of benzene rings is 8. The van der Waals surface area contributed by atoms with Gasteiger partial charge in [0, 0.05) is 22.1 Å². The lowest BCUT2D eigenvalue weighted by atomic mass is 9.82. The molecule has 10 rings (SSSR count). The fourth-order valence-electron chi connectivity index (χ4n) is 8.34. The van der Waals surface area contributed by atoms with Gasteiger partial charge in [0.25, 0.3) is 0 Å². The van der Waals surface area contributed by atoms with Crippen molar-refractivity contribution >= 4 is 21.5 Å². The molecule has 0 amide bonds. The Labute approximate surface area is 310 Å². The maximum atomic E-state index is 5.24. The van der Waals surface area contributed by atoms with E-state index < -0.39 is 0 Å². The summed E-state index contributed by atoms with van der Waals surface area (Å²) >= 11 is 0. The van der Waals surface area contributed by atoms with Crippen LogP contribution in [0.2, 0.25) is 0 Å². The van der Waals surface area contributed by atoms with E-state index in [1.165, 1.54) is 66.1 Å². The van der Waals surface area contributed by atoms with Gasteiger partial charge in [0.1, 0.15) is 0 Å². The van der Waals surface area contributed by atoms with Crippen LogP contribution in [0.3, 0.4) is 0 Å². The van der Waals surface area contributed by atoms with Crippen LogP contribution in [-0.2, 0) is 5.41 Å². The van der Waals surface area contributed by atoms with Crippen LogP contribution in [0, 0.1) is 0 Å². The molecule has 0 saturated carbocycles. The molecule has 53 heavy (non-hydrogen) atoms. The molecule has 1 aliphatic carbocycles. The maximum absolute atomic E-state index is 5.24. The van der Waals surface area contributed by atoms with Crippen LogP contribution >= 0.6 is 0 Å². The van der Waals surface area contributed by atoms with Crippen molar-refractivity contribution in [3.05, 3.63) is 193 Å². The molecule has 9 aromatic rings. The highest BCUT2D eigenvalue weighted by atomic mass is 14.9. The van der Waals surface area contributed by atoms with E-state index >= 15 is 0 Å². The average Bonchev–Trinajstić information content (AvgIpc) is 3.46. The summed E-state index contributed by atoms with van der Waals surface area (Å²) in [5.74, 6) is 0.712. The molecule has 0 spiro atoms. The van der Waals surface area contributed by atoms with Crippen LogP contribution in [0.1, 0.15) is 25.0 Å². The van der Waals surface area contributed by atoms with Crippen molar-refractivity contribution < 1.29 is 0 Å². The third-order valence-electron chi connectivity index (χ3n) is 11.1. The van der Waals surface area contributed by atoms with Crippen molar-refractivity contribution in [2.75, 3.05) is 0 Å². The van der Waals surface area contributed by atoms with E-state index in [1.807, 2.05) is 18.2 Å². The first kappa shape index (κ1) is 31.1. The van der Waals surface area contributed by atoms with E-state index in [0.717, 1.165) is 28.1 Å². The highest BCUT2D eigenvalue weighted by molar-refractivity contribution is 6.01. The number of rotatable bonds is 5. The predicted molar refractivity (Wildman–Crippen MR) is 222 cm³/mol. The highest BCUT2D eigenvalue weighted by Gasteiger charge is 2.36. The Balaban J connectivity index is 1.11. The van der Waals surface area contributed by atoms with Crippen LogP contribution in [-0.4, -0.2) is 9.97 Å². The second kappa shape index (κ2) is 12.3. The van der Waals surface area contributed by atoms with Crippen molar-refractivity contribution in [2.45, 2.75) is 19.3 Å². The molecule has 1 aliphatic rings. The Bertz CT molecular complexity index is 2850. The van der Waals surface area contributed by atoms with Gasteiger partial charge in [0.05, 0.1) is 11.4 Å². The molecule has 1 aromatic heterocycles. The summed E-state index contributed by atoms with van der Waals surface area (Å²) in [6, 6.07) is 65.4. The quantitative estimate of drug-likeness (QED) is 0.181. The van der Waals surface area contributed by atoms with E-state index in [9.17, 15) is 0 Å². The van der Waals surface area contributed by atoms with Crippen molar-refractivity contribution in [3.8, 4) is 67.3 Å². The topological polar surface area (TPSA) is 25.8 Å². The van der Waals surface area contributed by atoms with Crippen LogP contribution < -0.4 is 0 Å². The number of hydrogen-bond donors (Lipinski definition) is 0. The van der Waals surface area contributed by atoms with E-state index in [4.69, 9.17) is 9.97 Å². The fourth-order valence-corrected chi connectivity index (χ4v) is 8.34. The first-order chi connectivity index (χ1) is 26.0. The Kier molecular flexibility index (Phi) is 7.19. The van der Waals surface area contributed by atoms with Gasteiger partial charge in [-0.1, -0.05) is 166 Å². The van der Waals surface area contributed by atoms with Gasteiger partial charge in [-0.25, -0.2) is 9.97 Å². The van der Waals surface area contributed by atoms with Crippen molar-refractivity contribution in [2.24, 2.45) is 0 Å². The largest absolute Gasteiger partial charge is 0.228 e. The third kappa shape index (κ3) is 5.26. The van der Waals surface area contributed by atoms with E-state index in [0.29, 0.717) is 5.82 Å². The lowest BCUT2D eigenvalue weighted by Crippen LogP contribution is -2.14. The molecule has 0 radical (unpaired) electrons. The minimum Gasteiger partial charge on any atom is -0.228 e. The standard InChI is InChI=1S/C51H36N2/c1-51(2)45-22-12-11-20-43(45)49-42(21-13-23-46(49)51)38-26-24-36-29-39(27-25-35(36)28-38)47-32-48(53-50(52-47)34-16-7-4-8-17-34)44-31-40(33-14-5-3-6-15-33)30-37-18-9-10-19-41(37)44/h3-32H,1-2H3. The lowest BCUT2D eigenvalue weighted by molar-refractivity contribution is 0.660. The van der Waals surface area contributed by atoms with Gasteiger partial charge in [-0.05, 0) is 96.4 Å². The van der Waals surface area contributed by atoms with Gasteiger partial charge in [0.2, 0.25) is 0 Å². The minimum absolute atomic E-state index is 0.0299. The fraction of sp³-hybridized carbons (Fsp3) is 0.0588. The van der Waals surface area contributed by atoms with Gasteiger partial charge in [-0.2, -0.15) is 0 Å². The van der Waals surface area contributed by atoms with Crippen molar-refractivity contribution in [1.29, 1.82) is 0 Å². The lowest BCUT2D eigenvalue weighted by Gasteiger charge is -2.21. The van der Waals surface area contributed by atoms with Crippen LogP contribution in [0.5, 0.6) is 0 Å². The van der Waals surface area contributed by atoms with Gasteiger partial charge in [0.15, 0.2) is 5.82 Å². The van der Waals surface area contributed by atoms with E-state index in [1.54, 1.807) is 0 Å². The van der Waals surface area contributed by atoms with Crippen LogP contribution in [0.15, 0.2) is 182 Å². The number of fused-ring (bicyclic) bond motifs is 5. The summed E-state index contributed by atoms with van der Waals surface area (Å²) in [6.45, 7) is 4.68. The Morgan fingerprint density at radius 3 is 1.77 bits per heavy atom. The first-order valence-corrected chi connectivity index (χ1v) is 18.3. The zero-order valence-corrected chi connectivity index (χ0v) is 29.7. The molecular weight excluding hydrogens is 641 g/mol. The van der Waals surface area contributed by atoms with Gasteiger partial charge >= 0.3 is 0 Å². The second-order valence-corrected chi connectivity index (χ2v) is 14.6. The first-order valence-electron chi connectivity index (χ1n) is 18.3. The zero-order chi connectivity index (χ0) is 35.5. The zero-order valence-electron chi connectivity index (χ0n) is 29.7. The smallest absolute Gasteiger partial charge is 0.160 e. The number of hydrogen-bond acceptors (Lipinski definition) is 2. The monoisotopic (exact) mass is 676 g/mol. The maximum Gasteiger partial charge on any atom is 0.160 e. The molecule has 0 unspecified atom stereocenters. The van der Waals surface area contributed by atoms with Crippen molar-refractivity contribution in [3.63, 3.8) is 0 Å². The molecule has 250 valence electrons. The molecule has 8 aromatic carbocycles. The third-order valence-corrected chi connectivity index (χ3v) is 11.1. The summed E-state index contributed by atoms with van der Waals surface area (Å²) in [5, 5.41) is 4.73. The van der Waals surface area contributed by atoms with Crippen LogP contribution in [0.4, 0.5) is 0 Å². The average molecular weight is 677 g/mol. The molecule has 2 nitrogen and oxygen atoms in total. The SMILES string of the molecule is CC1(C)c2ccccc2-c2c(-c3ccc4cc(-c5cc(-c6cc(-c7ccccc7)cc7ccccc67)nc(-c6ccccc6)n5)ccc4c3)cccc21. The Morgan fingerprint density at radius 1 is 0.358 bits per heavy atom. The summed E-state index contributed by atoms with van der Waals surface area (Å²) in [7, 11) is 0. The van der Waals surface area contributed by atoms with E-state index in [-0.39, 0.29) is 5.41 Å². The molecule has 0 saturated heterocycles. The molecule has 2 heteroatoms. The van der Waals surface area contributed by atoms with Gasteiger partial charge < -0.3 is 0 Å². The van der Waals surface area contributed by atoms with Crippen LogP contribution in [0.25, 0.3) is 88.8 Å².